The zero-order valence-electron chi connectivity index (χ0n) is 17.6. The molecule has 0 aliphatic carbocycles. The van der Waals surface area contributed by atoms with Gasteiger partial charge in [-0.15, -0.1) is 0 Å². The molecular weight excluding hydrogens is 452 g/mol. The third kappa shape index (κ3) is 5.52. The summed E-state index contributed by atoms with van der Waals surface area (Å²) in [6.45, 7) is 1.96. The fourth-order valence-electron chi connectivity index (χ4n) is 2.98. The molecule has 0 aliphatic rings. The monoisotopic (exact) mass is 474 g/mol. The fourth-order valence-corrected chi connectivity index (χ4v) is 4.66. The molecule has 0 saturated heterocycles. The standard InChI is InChI=1S/C23H23ClN2O5S/c1-3-31-19-12-9-17(10-13-19)25-23(27)16-26(18-11-14-22(30-2)21(24)15-18)32(28,29)20-7-5-4-6-8-20/h4-15H,3,16H2,1-2H3,(H,25,27). The Bertz CT molecular complexity index is 1170. The van der Waals surface area contributed by atoms with Gasteiger partial charge in [0.1, 0.15) is 18.0 Å². The maximum absolute atomic E-state index is 13.4. The summed E-state index contributed by atoms with van der Waals surface area (Å²) < 4.78 is 38.3. The van der Waals surface area contributed by atoms with E-state index in [4.69, 9.17) is 21.1 Å². The Labute approximate surface area is 192 Å². The number of nitrogens with one attached hydrogen (secondary N) is 1. The van der Waals surface area contributed by atoms with E-state index in [2.05, 4.69) is 5.32 Å². The minimum Gasteiger partial charge on any atom is -0.495 e. The van der Waals surface area contributed by atoms with Crippen molar-refractivity contribution in [3.8, 4) is 11.5 Å². The average Bonchev–Trinajstić information content (AvgIpc) is 2.79. The highest BCUT2D eigenvalue weighted by Crippen LogP contribution is 2.32. The van der Waals surface area contributed by atoms with Gasteiger partial charge in [-0.05, 0) is 61.5 Å². The number of rotatable bonds is 9. The lowest BCUT2D eigenvalue weighted by molar-refractivity contribution is -0.114. The third-order valence-corrected chi connectivity index (χ3v) is 6.57. The largest absolute Gasteiger partial charge is 0.495 e. The predicted octanol–water partition coefficient (Wildman–Crippen LogP) is 4.58. The van der Waals surface area contributed by atoms with Crippen molar-refractivity contribution < 1.29 is 22.7 Å². The number of hydrogen-bond donors (Lipinski definition) is 1. The topological polar surface area (TPSA) is 84.9 Å². The molecule has 0 aromatic heterocycles. The number of carbonyl (C=O) groups is 1. The Morgan fingerprint density at radius 1 is 1.03 bits per heavy atom. The number of halogens is 1. The van der Waals surface area contributed by atoms with Gasteiger partial charge in [0.05, 0.1) is 29.3 Å². The molecule has 0 aliphatic heterocycles. The van der Waals surface area contributed by atoms with Crippen LogP contribution in [0.4, 0.5) is 11.4 Å². The number of hydrogen-bond acceptors (Lipinski definition) is 5. The molecule has 168 valence electrons. The van der Waals surface area contributed by atoms with Crippen molar-refractivity contribution in [2.75, 3.05) is 29.9 Å². The lowest BCUT2D eigenvalue weighted by Gasteiger charge is -2.24. The van der Waals surface area contributed by atoms with Gasteiger partial charge in [-0.25, -0.2) is 8.42 Å². The van der Waals surface area contributed by atoms with Crippen molar-refractivity contribution in [2.45, 2.75) is 11.8 Å². The van der Waals surface area contributed by atoms with Crippen LogP contribution in [0.25, 0.3) is 0 Å². The minimum absolute atomic E-state index is 0.0563. The van der Waals surface area contributed by atoms with E-state index >= 15 is 0 Å². The summed E-state index contributed by atoms with van der Waals surface area (Å²) >= 11 is 6.22. The normalized spacial score (nSPS) is 11.0. The molecule has 3 aromatic carbocycles. The first kappa shape index (κ1) is 23.4. The predicted molar refractivity (Wildman–Crippen MR) is 125 cm³/mol. The third-order valence-electron chi connectivity index (χ3n) is 4.49. The summed E-state index contributed by atoms with van der Waals surface area (Å²) in [7, 11) is -2.58. The van der Waals surface area contributed by atoms with Gasteiger partial charge in [0, 0.05) is 5.69 Å². The van der Waals surface area contributed by atoms with E-state index in [-0.39, 0.29) is 15.6 Å². The maximum atomic E-state index is 13.4. The molecule has 3 rings (SSSR count). The summed E-state index contributed by atoms with van der Waals surface area (Å²) in [5.74, 6) is 0.554. The average molecular weight is 475 g/mol. The number of ether oxygens (including phenoxy) is 2. The van der Waals surface area contributed by atoms with Gasteiger partial charge in [0.25, 0.3) is 10.0 Å². The lowest BCUT2D eigenvalue weighted by Crippen LogP contribution is -2.38. The highest BCUT2D eigenvalue weighted by Gasteiger charge is 2.27. The van der Waals surface area contributed by atoms with Crippen LogP contribution in [0, 0.1) is 0 Å². The summed E-state index contributed by atoms with van der Waals surface area (Å²) in [6.07, 6.45) is 0. The van der Waals surface area contributed by atoms with Crippen LogP contribution < -0.4 is 19.1 Å². The number of benzene rings is 3. The van der Waals surface area contributed by atoms with E-state index < -0.39 is 22.5 Å². The van der Waals surface area contributed by atoms with Gasteiger partial charge >= 0.3 is 0 Å². The highest BCUT2D eigenvalue weighted by molar-refractivity contribution is 7.92. The highest BCUT2D eigenvalue weighted by atomic mass is 35.5. The second-order valence-corrected chi connectivity index (χ2v) is 8.92. The Balaban J connectivity index is 1.90. The summed E-state index contributed by atoms with van der Waals surface area (Å²) in [5.41, 5.74) is 0.754. The van der Waals surface area contributed by atoms with E-state index in [1.807, 2.05) is 6.92 Å². The second kappa shape index (κ2) is 10.4. The Morgan fingerprint density at radius 3 is 2.31 bits per heavy atom. The molecule has 3 aromatic rings. The quantitative estimate of drug-likeness (QED) is 0.490. The zero-order chi connectivity index (χ0) is 23.1. The zero-order valence-corrected chi connectivity index (χ0v) is 19.2. The molecule has 0 bridgehead atoms. The van der Waals surface area contributed by atoms with Crippen molar-refractivity contribution in [2.24, 2.45) is 0 Å². The van der Waals surface area contributed by atoms with Gasteiger partial charge in [-0.1, -0.05) is 29.8 Å². The number of amides is 1. The van der Waals surface area contributed by atoms with Crippen molar-refractivity contribution in [3.05, 3.63) is 77.8 Å². The van der Waals surface area contributed by atoms with Gasteiger partial charge in [-0.2, -0.15) is 0 Å². The first-order valence-corrected chi connectivity index (χ1v) is 11.6. The molecule has 0 saturated carbocycles. The lowest BCUT2D eigenvalue weighted by atomic mass is 10.3. The molecule has 0 unspecified atom stereocenters. The van der Waals surface area contributed by atoms with Crippen molar-refractivity contribution >= 4 is 38.9 Å². The van der Waals surface area contributed by atoms with Crippen molar-refractivity contribution in [1.29, 1.82) is 0 Å². The number of carbonyl (C=O) groups excluding carboxylic acids is 1. The van der Waals surface area contributed by atoms with Gasteiger partial charge in [-0.3, -0.25) is 9.10 Å². The Hall–Kier alpha value is -3.23. The summed E-state index contributed by atoms with van der Waals surface area (Å²) in [5, 5.41) is 2.94. The molecular formula is C23H23ClN2O5S. The Morgan fingerprint density at radius 2 is 1.72 bits per heavy atom. The second-order valence-electron chi connectivity index (χ2n) is 6.65. The van der Waals surface area contributed by atoms with E-state index in [0.29, 0.717) is 23.8 Å². The molecule has 0 radical (unpaired) electrons. The molecule has 0 atom stereocenters. The van der Waals surface area contributed by atoms with Crippen molar-refractivity contribution in [3.63, 3.8) is 0 Å². The van der Waals surface area contributed by atoms with Crippen LogP contribution in [0.3, 0.4) is 0 Å². The van der Waals surface area contributed by atoms with Gasteiger partial charge < -0.3 is 14.8 Å². The number of sulfonamides is 1. The number of methoxy groups -OCH3 is 1. The SMILES string of the molecule is CCOc1ccc(NC(=O)CN(c2ccc(OC)c(Cl)c2)S(=O)(=O)c2ccccc2)cc1. The van der Waals surface area contributed by atoms with Crippen LogP contribution in [0.5, 0.6) is 11.5 Å². The van der Waals surface area contributed by atoms with E-state index in [9.17, 15) is 13.2 Å². The van der Waals surface area contributed by atoms with E-state index in [1.54, 1.807) is 48.5 Å². The van der Waals surface area contributed by atoms with E-state index in [0.717, 1.165) is 4.31 Å². The van der Waals surface area contributed by atoms with Gasteiger partial charge in [0.15, 0.2) is 0 Å². The fraction of sp³-hybridized carbons (Fsp3) is 0.174. The Kier molecular flexibility index (Phi) is 7.61. The smallest absolute Gasteiger partial charge is 0.264 e. The molecule has 9 heteroatoms. The van der Waals surface area contributed by atoms with Crippen molar-refractivity contribution in [1.82, 2.24) is 0 Å². The van der Waals surface area contributed by atoms with Crippen LogP contribution in [0.15, 0.2) is 77.7 Å². The molecule has 1 N–H and O–H groups in total. The molecule has 32 heavy (non-hydrogen) atoms. The van der Waals surface area contributed by atoms with Crippen LogP contribution in [-0.4, -0.2) is 34.6 Å². The van der Waals surface area contributed by atoms with E-state index in [1.165, 1.54) is 31.4 Å². The van der Waals surface area contributed by atoms with Crippen LogP contribution in [0.1, 0.15) is 6.92 Å². The van der Waals surface area contributed by atoms with Crippen LogP contribution in [0.2, 0.25) is 5.02 Å². The minimum atomic E-state index is -4.04. The first-order chi connectivity index (χ1) is 15.3. The summed E-state index contributed by atoms with van der Waals surface area (Å²) in [4.78, 5) is 12.8. The maximum Gasteiger partial charge on any atom is 0.264 e. The number of anilines is 2. The van der Waals surface area contributed by atoms with Crippen LogP contribution in [-0.2, 0) is 14.8 Å². The molecule has 0 heterocycles. The number of nitrogens with zero attached hydrogens (tertiary/aromatic N) is 1. The first-order valence-electron chi connectivity index (χ1n) is 9.79. The molecule has 0 spiro atoms. The molecule has 1 amide bonds. The molecule has 0 fully saturated rings. The molecule has 7 nitrogen and oxygen atoms in total. The van der Waals surface area contributed by atoms with Gasteiger partial charge in [0.2, 0.25) is 5.91 Å². The van der Waals surface area contributed by atoms with Crippen LogP contribution >= 0.6 is 11.6 Å². The summed E-state index contributed by atoms with van der Waals surface area (Å²) in [6, 6.07) is 19.2.